The second-order valence-corrected chi connectivity index (χ2v) is 6.53. The van der Waals surface area contributed by atoms with E-state index in [1.807, 2.05) is 17.0 Å². The number of benzene rings is 1. The van der Waals surface area contributed by atoms with Crippen molar-refractivity contribution in [3.05, 3.63) is 59.7 Å². The highest BCUT2D eigenvalue weighted by atomic mass is 19.1. The molecular formula is C20H23FN2O4. The number of methoxy groups -OCH3 is 1. The molecule has 0 bridgehead atoms. The molecule has 144 valence electrons. The van der Waals surface area contributed by atoms with E-state index in [1.165, 1.54) is 25.3 Å². The van der Waals surface area contributed by atoms with Gasteiger partial charge in [-0.2, -0.15) is 0 Å². The van der Waals surface area contributed by atoms with Crippen molar-refractivity contribution in [2.24, 2.45) is 0 Å². The number of likely N-dealkylation sites (tertiary alicyclic amines) is 1. The summed E-state index contributed by atoms with van der Waals surface area (Å²) in [5.41, 5.74) is 1.47. The summed E-state index contributed by atoms with van der Waals surface area (Å²) in [6, 6.07) is 6.92. The van der Waals surface area contributed by atoms with Crippen LogP contribution in [-0.2, 0) is 16.1 Å². The van der Waals surface area contributed by atoms with Gasteiger partial charge in [0.2, 0.25) is 0 Å². The molecule has 0 radical (unpaired) electrons. The Morgan fingerprint density at radius 1 is 1.37 bits per heavy atom. The predicted octanol–water partition coefficient (Wildman–Crippen LogP) is 3.04. The fourth-order valence-electron chi connectivity index (χ4n) is 3.40. The summed E-state index contributed by atoms with van der Waals surface area (Å²) >= 11 is 0. The van der Waals surface area contributed by atoms with E-state index in [9.17, 15) is 14.3 Å². The fraction of sp³-hybridized carbons (Fsp3) is 0.400. The van der Waals surface area contributed by atoms with Crippen molar-refractivity contribution in [2.45, 2.75) is 31.6 Å². The summed E-state index contributed by atoms with van der Waals surface area (Å²) in [7, 11) is 1.41. The first-order valence-electron chi connectivity index (χ1n) is 8.89. The summed E-state index contributed by atoms with van der Waals surface area (Å²) < 4.78 is 24.6. The highest BCUT2D eigenvalue weighted by molar-refractivity contribution is 5.76. The number of nitrogens with zero attached hydrogens (tertiary/aromatic N) is 2. The number of ether oxygens (including phenoxy) is 2. The maximum Gasteiger partial charge on any atom is 0.325 e. The Morgan fingerprint density at radius 3 is 2.78 bits per heavy atom. The van der Waals surface area contributed by atoms with Crippen molar-refractivity contribution in [2.75, 3.05) is 20.2 Å². The first-order chi connectivity index (χ1) is 13.1. The molecule has 1 unspecified atom stereocenters. The minimum atomic E-state index is -0.977. The second kappa shape index (κ2) is 8.92. The van der Waals surface area contributed by atoms with Gasteiger partial charge in [-0.1, -0.05) is 12.1 Å². The molecule has 6 nitrogen and oxygen atoms in total. The Balaban J connectivity index is 1.63. The van der Waals surface area contributed by atoms with E-state index in [1.54, 1.807) is 12.4 Å². The Labute approximate surface area is 157 Å². The molecule has 1 aromatic heterocycles. The van der Waals surface area contributed by atoms with Gasteiger partial charge < -0.3 is 14.6 Å². The third-order valence-electron chi connectivity index (χ3n) is 4.77. The van der Waals surface area contributed by atoms with Crippen molar-refractivity contribution >= 4 is 5.97 Å². The van der Waals surface area contributed by atoms with Gasteiger partial charge in [0, 0.05) is 37.1 Å². The van der Waals surface area contributed by atoms with Crippen LogP contribution in [0.25, 0.3) is 0 Å². The molecule has 1 atom stereocenters. The maximum absolute atomic E-state index is 13.5. The molecular weight excluding hydrogens is 351 g/mol. The molecule has 1 aliphatic rings. The zero-order valence-corrected chi connectivity index (χ0v) is 15.2. The van der Waals surface area contributed by atoms with Crippen molar-refractivity contribution in [1.29, 1.82) is 0 Å². The van der Waals surface area contributed by atoms with E-state index < -0.39 is 17.8 Å². The lowest BCUT2D eigenvalue weighted by Gasteiger charge is -2.36. The standard InChI is InChI=1S/C20H23FN2O4/c1-26-18-11-15(21)4-5-17(18)19(20(24)25)23-9-6-16(7-10-23)27-13-14-3-2-8-22-12-14/h2-5,8,11-12,16,19H,6-7,9-10,13H2,1H3,(H,24,25). The van der Waals surface area contributed by atoms with Gasteiger partial charge >= 0.3 is 5.97 Å². The number of hydrogen-bond donors (Lipinski definition) is 1. The molecule has 2 aromatic rings. The molecule has 27 heavy (non-hydrogen) atoms. The van der Waals surface area contributed by atoms with Crippen LogP contribution in [0.2, 0.25) is 0 Å². The molecule has 1 aliphatic heterocycles. The molecule has 0 aliphatic carbocycles. The van der Waals surface area contributed by atoms with Crippen LogP contribution >= 0.6 is 0 Å². The monoisotopic (exact) mass is 374 g/mol. The largest absolute Gasteiger partial charge is 0.496 e. The number of aliphatic carboxylic acids is 1. The number of halogens is 1. The molecule has 0 spiro atoms. The summed E-state index contributed by atoms with van der Waals surface area (Å²) in [6.45, 7) is 1.65. The van der Waals surface area contributed by atoms with E-state index in [4.69, 9.17) is 9.47 Å². The molecule has 0 saturated carbocycles. The predicted molar refractivity (Wildman–Crippen MR) is 96.9 cm³/mol. The Morgan fingerprint density at radius 2 is 2.15 bits per heavy atom. The quantitative estimate of drug-likeness (QED) is 0.803. The summed E-state index contributed by atoms with van der Waals surface area (Å²) in [4.78, 5) is 17.9. The van der Waals surface area contributed by atoms with Gasteiger partial charge in [0.25, 0.3) is 0 Å². The highest BCUT2D eigenvalue weighted by Crippen LogP contribution is 2.32. The number of carboxylic acids is 1. The van der Waals surface area contributed by atoms with Gasteiger partial charge in [-0.05, 0) is 30.5 Å². The smallest absolute Gasteiger partial charge is 0.325 e. The summed E-state index contributed by atoms with van der Waals surface area (Å²) in [6.07, 6.45) is 5.03. The van der Waals surface area contributed by atoms with E-state index in [2.05, 4.69) is 4.98 Å². The van der Waals surface area contributed by atoms with Gasteiger partial charge in [-0.3, -0.25) is 14.7 Å². The van der Waals surface area contributed by atoms with E-state index in [-0.39, 0.29) is 11.9 Å². The fourth-order valence-corrected chi connectivity index (χ4v) is 3.40. The average Bonchev–Trinajstić information content (AvgIpc) is 2.69. The van der Waals surface area contributed by atoms with Crippen molar-refractivity contribution in [3.63, 3.8) is 0 Å². The lowest BCUT2D eigenvalue weighted by Crippen LogP contribution is -2.42. The SMILES string of the molecule is COc1cc(F)ccc1C(C(=O)O)N1CCC(OCc2cccnc2)CC1. The normalized spacial score (nSPS) is 16.8. The summed E-state index contributed by atoms with van der Waals surface area (Å²) in [5, 5.41) is 9.76. The van der Waals surface area contributed by atoms with Crippen LogP contribution in [0.1, 0.15) is 30.0 Å². The van der Waals surface area contributed by atoms with Crippen molar-refractivity contribution in [3.8, 4) is 5.75 Å². The van der Waals surface area contributed by atoms with Gasteiger partial charge in [0.15, 0.2) is 0 Å². The number of rotatable bonds is 7. The highest BCUT2D eigenvalue weighted by Gasteiger charge is 2.33. The first kappa shape index (κ1) is 19.3. The van der Waals surface area contributed by atoms with Gasteiger partial charge in [-0.15, -0.1) is 0 Å². The van der Waals surface area contributed by atoms with E-state index >= 15 is 0 Å². The molecule has 1 N–H and O–H groups in total. The van der Waals surface area contributed by atoms with Crippen LogP contribution in [-0.4, -0.2) is 47.3 Å². The lowest BCUT2D eigenvalue weighted by molar-refractivity contribution is -0.145. The van der Waals surface area contributed by atoms with E-state index in [0.717, 1.165) is 18.4 Å². The Kier molecular flexibility index (Phi) is 6.36. The molecule has 1 saturated heterocycles. The Bertz CT molecular complexity index is 764. The zero-order chi connectivity index (χ0) is 19.2. The molecule has 1 fully saturated rings. The number of aromatic nitrogens is 1. The maximum atomic E-state index is 13.5. The average molecular weight is 374 g/mol. The minimum Gasteiger partial charge on any atom is -0.496 e. The minimum absolute atomic E-state index is 0.0750. The molecule has 1 aromatic carbocycles. The van der Waals surface area contributed by atoms with Crippen LogP contribution in [0.5, 0.6) is 5.75 Å². The van der Waals surface area contributed by atoms with Crippen LogP contribution in [0.3, 0.4) is 0 Å². The van der Waals surface area contributed by atoms with Crippen LogP contribution < -0.4 is 4.74 Å². The first-order valence-corrected chi connectivity index (χ1v) is 8.89. The summed E-state index contributed by atoms with van der Waals surface area (Å²) in [5.74, 6) is -1.19. The van der Waals surface area contributed by atoms with Crippen molar-refractivity contribution < 1.29 is 23.8 Å². The molecule has 2 heterocycles. The zero-order valence-electron chi connectivity index (χ0n) is 15.2. The van der Waals surface area contributed by atoms with Gasteiger partial charge in [-0.25, -0.2) is 4.39 Å². The topological polar surface area (TPSA) is 71.9 Å². The van der Waals surface area contributed by atoms with Gasteiger partial charge in [0.05, 0.1) is 19.8 Å². The van der Waals surface area contributed by atoms with E-state index in [0.29, 0.717) is 25.3 Å². The molecule has 7 heteroatoms. The number of carbonyl (C=O) groups is 1. The third kappa shape index (κ3) is 4.81. The van der Waals surface area contributed by atoms with Crippen LogP contribution in [0.15, 0.2) is 42.7 Å². The van der Waals surface area contributed by atoms with Crippen LogP contribution in [0, 0.1) is 5.82 Å². The van der Waals surface area contributed by atoms with Crippen molar-refractivity contribution in [1.82, 2.24) is 9.88 Å². The number of hydrogen-bond acceptors (Lipinski definition) is 5. The lowest BCUT2D eigenvalue weighted by atomic mass is 9.99. The van der Waals surface area contributed by atoms with Gasteiger partial charge in [0.1, 0.15) is 17.6 Å². The molecule has 3 rings (SSSR count). The number of pyridine rings is 1. The van der Waals surface area contributed by atoms with Crippen LogP contribution in [0.4, 0.5) is 4.39 Å². The third-order valence-corrected chi connectivity index (χ3v) is 4.77. The number of carboxylic acid groups (broad SMARTS) is 1. The molecule has 0 amide bonds. The second-order valence-electron chi connectivity index (χ2n) is 6.53. The Hall–Kier alpha value is -2.51. The number of piperidine rings is 1.